The van der Waals surface area contributed by atoms with E-state index in [4.69, 9.17) is 4.98 Å². The van der Waals surface area contributed by atoms with E-state index in [1.807, 2.05) is 41.5 Å². The van der Waals surface area contributed by atoms with E-state index >= 15 is 0 Å². The number of nitrogens with zero attached hydrogens (tertiary/aromatic N) is 1. The fraction of sp³-hybridized carbons (Fsp3) is 0.476. The molecule has 46 heavy (non-hydrogen) atoms. The van der Waals surface area contributed by atoms with Gasteiger partial charge in [0.15, 0.2) is 5.78 Å². The molecular formula is C42H54IrNO2-. The van der Waals surface area contributed by atoms with Crippen LogP contribution >= 0.6 is 0 Å². The second kappa shape index (κ2) is 14.5. The number of hydrogen-bond donors (Lipinski definition) is 1. The van der Waals surface area contributed by atoms with Crippen LogP contribution in [0.4, 0.5) is 0 Å². The van der Waals surface area contributed by atoms with Gasteiger partial charge in [-0.2, -0.15) is 0 Å². The van der Waals surface area contributed by atoms with Crippen LogP contribution in [0.2, 0.25) is 0 Å². The maximum Gasteiger partial charge on any atom is 0.164 e. The largest absolute Gasteiger partial charge is 0.512 e. The normalized spacial score (nSPS) is 14.6. The number of rotatable bonds is 4. The molecule has 1 saturated carbocycles. The first kappa shape index (κ1) is 37.6. The molecule has 5 rings (SSSR count). The van der Waals surface area contributed by atoms with E-state index in [1.165, 1.54) is 70.2 Å². The Hall–Kier alpha value is -2.81. The molecule has 1 fully saturated rings. The summed E-state index contributed by atoms with van der Waals surface area (Å²) in [6, 6.07) is 21.6. The Morgan fingerprint density at radius 1 is 0.913 bits per heavy atom. The number of carbonyl (C=O) groups is 1. The summed E-state index contributed by atoms with van der Waals surface area (Å²) in [5.74, 6) is 0.909. The van der Waals surface area contributed by atoms with Crippen molar-refractivity contribution in [2.24, 2.45) is 16.7 Å². The van der Waals surface area contributed by atoms with Gasteiger partial charge in [-0.3, -0.25) is 9.78 Å². The molecule has 1 aromatic heterocycles. The fourth-order valence-electron chi connectivity index (χ4n) is 6.22. The van der Waals surface area contributed by atoms with E-state index in [-0.39, 0.29) is 42.5 Å². The molecule has 1 aliphatic carbocycles. The van der Waals surface area contributed by atoms with Crippen molar-refractivity contribution >= 4 is 27.5 Å². The minimum atomic E-state index is -0.417. The van der Waals surface area contributed by atoms with Crippen LogP contribution in [-0.2, 0) is 36.7 Å². The predicted molar refractivity (Wildman–Crippen MR) is 192 cm³/mol. The quantitative estimate of drug-likeness (QED) is 0.127. The first-order chi connectivity index (χ1) is 20.8. The number of aliphatic hydroxyl groups is 1. The molecule has 3 aromatic carbocycles. The van der Waals surface area contributed by atoms with Crippen molar-refractivity contribution in [2.75, 3.05) is 0 Å². The average molecular weight is 797 g/mol. The number of hydrogen-bond acceptors (Lipinski definition) is 3. The number of aromatic nitrogens is 1. The second-order valence-corrected chi connectivity index (χ2v) is 16.3. The van der Waals surface area contributed by atoms with Crippen LogP contribution in [0.5, 0.6) is 0 Å². The Balaban J connectivity index is 0.000000352. The molecule has 3 nitrogen and oxygen atoms in total. The number of ketones is 1. The molecule has 0 bridgehead atoms. The van der Waals surface area contributed by atoms with Gasteiger partial charge in [-0.05, 0) is 54.4 Å². The van der Waals surface area contributed by atoms with E-state index in [0.717, 1.165) is 29.1 Å². The van der Waals surface area contributed by atoms with Crippen LogP contribution < -0.4 is 0 Å². The Labute approximate surface area is 291 Å². The molecule has 249 valence electrons. The molecule has 1 heterocycles. The second-order valence-electron chi connectivity index (χ2n) is 16.3. The predicted octanol–water partition coefficient (Wildman–Crippen LogP) is 11.6. The maximum absolute atomic E-state index is 11.5. The van der Waals surface area contributed by atoms with E-state index in [9.17, 15) is 9.90 Å². The Bertz CT molecular complexity index is 1720. The third-order valence-electron chi connectivity index (χ3n) is 8.95. The van der Waals surface area contributed by atoms with Crippen LogP contribution in [-0.4, -0.2) is 15.9 Å². The van der Waals surface area contributed by atoms with Gasteiger partial charge in [0, 0.05) is 48.1 Å². The molecule has 4 heteroatoms. The summed E-state index contributed by atoms with van der Waals surface area (Å²) >= 11 is 0. The van der Waals surface area contributed by atoms with Crippen molar-refractivity contribution in [3.63, 3.8) is 0 Å². The maximum atomic E-state index is 11.5. The minimum absolute atomic E-state index is 0. The van der Waals surface area contributed by atoms with Gasteiger partial charge in [0.2, 0.25) is 0 Å². The number of fused-ring (bicyclic) bond motifs is 2. The van der Waals surface area contributed by atoms with Crippen LogP contribution in [0.25, 0.3) is 32.9 Å². The standard InChI is InChI=1S/C31H34N.C11H20O2.Ir/c1-20-14-21(2)30-25(16-22-10-6-7-11-22)19-28(32-29(30)15-20)24-17-23-12-8-9-13-26(23)27(18-24)31(3,4)5;1-10(2,3)8(12)7-9(13)11(4,5)6;/h8-9,12-15,18-19,22H,6-7,10-11,16H2,1-5H3;7,12H,1-6H3;/q-1;;/b;8-7-;. The first-order valence-corrected chi connectivity index (χ1v) is 16.7. The van der Waals surface area contributed by atoms with Crippen molar-refractivity contribution in [1.82, 2.24) is 4.98 Å². The van der Waals surface area contributed by atoms with Gasteiger partial charge in [0.25, 0.3) is 0 Å². The van der Waals surface area contributed by atoms with E-state index in [0.29, 0.717) is 0 Å². The molecule has 0 atom stereocenters. The molecule has 1 aliphatic rings. The van der Waals surface area contributed by atoms with Gasteiger partial charge < -0.3 is 5.11 Å². The van der Waals surface area contributed by atoms with Gasteiger partial charge in [0.1, 0.15) is 5.76 Å². The van der Waals surface area contributed by atoms with E-state index in [1.54, 1.807) is 0 Å². The number of allylic oxidation sites excluding steroid dienone is 2. The molecule has 0 unspecified atom stereocenters. The first-order valence-electron chi connectivity index (χ1n) is 16.7. The number of aryl methyl sites for hydroxylation is 2. The van der Waals surface area contributed by atoms with E-state index in [2.05, 4.69) is 89.2 Å². The zero-order valence-electron chi connectivity index (χ0n) is 29.9. The van der Waals surface area contributed by atoms with Gasteiger partial charge in [0.05, 0.1) is 5.52 Å². The summed E-state index contributed by atoms with van der Waals surface area (Å²) < 4.78 is 0. The summed E-state index contributed by atoms with van der Waals surface area (Å²) in [6.07, 6.45) is 7.98. The Kier molecular flexibility index (Phi) is 11.9. The fourth-order valence-corrected chi connectivity index (χ4v) is 6.22. The van der Waals surface area contributed by atoms with Crippen LogP contribution in [0.1, 0.15) is 110 Å². The van der Waals surface area contributed by atoms with Crippen molar-refractivity contribution in [1.29, 1.82) is 0 Å². The smallest absolute Gasteiger partial charge is 0.164 e. The topological polar surface area (TPSA) is 50.2 Å². The van der Waals surface area contributed by atoms with Gasteiger partial charge in [-0.1, -0.05) is 129 Å². The minimum Gasteiger partial charge on any atom is -0.512 e. The Morgan fingerprint density at radius 2 is 1.54 bits per heavy atom. The summed E-state index contributed by atoms with van der Waals surface area (Å²) in [7, 11) is 0. The summed E-state index contributed by atoms with van der Waals surface area (Å²) in [4.78, 5) is 16.7. The van der Waals surface area contributed by atoms with Crippen LogP contribution in [0.3, 0.4) is 0 Å². The van der Waals surface area contributed by atoms with Crippen molar-refractivity contribution < 1.29 is 30.0 Å². The summed E-state index contributed by atoms with van der Waals surface area (Å²) in [5.41, 5.74) is 8.06. The monoisotopic (exact) mass is 797 g/mol. The van der Waals surface area contributed by atoms with Crippen LogP contribution in [0.15, 0.2) is 60.4 Å². The van der Waals surface area contributed by atoms with E-state index < -0.39 is 5.41 Å². The SMILES string of the molecule is CC(C)(C)C(=O)/C=C(\O)C(C)(C)C.Cc1cc(C)c2c(CC3CCCC3)cc(-c3[c-]c4ccccc4c(C(C)(C)C)c3)nc2c1.[Ir]. The van der Waals surface area contributed by atoms with Gasteiger partial charge in [-0.15, -0.1) is 29.1 Å². The molecule has 1 N–H and O–H groups in total. The van der Waals surface area contributed by atoms with Crippen LogP contribution in [0, 0.1) is 36.7 Å². The molecule has 0 aliphatic heterocycles. The van der Waals surface area contributed by atoms with Crippen molar-refractivity contribution in [2.45, 2.75) is 114 Å². The van der Waals surface area contributed by atoms with Gasteiger partial charge in [-0.25, -0.2) is 0 Å². The number of benzene rings is 3. The Morgan fingerprint density at radius 3 is 2.13 bits per heavy atom. The number of aliphatic hydroxyl groups excluding tert-OH is 1. The summed E-state index contributed by atoms with van der Waals surface area (Å²) in [6.45, 7) is 22.4. The third-order valence-corrected chi connectivity index (χ3v) is 8.95. The molecule has 0 saturated heterocycles. The number of carbonyl (C=O) groups excluding carboxylic acids is 1. The average Bonchev–Trinajstić information content (AvgIpc) is 3.43. The molecule has 1 radical (unpaired) electrons. The van der Waals surface area contributed by atoms with Gasteiger partial charge >= 0.3 is 0 Å². The zero-order chi connectivity index (χ0) is 33.3. The molecular weight excluding hydrogens is 743 g/mol. The molecule has 4 aromatic rings. The molecule has 0 amide bonds. The number of pyridine rings is 1. The van der Waals surface area contributed by atoms with Crippen molar-refractivity contribution in [3.8, 4) is 11.3 Å². The zero-order valence-corrected chi connectivity index (χ0v) is 32.3. The molecule has 0 spiro atoms. The summed E-state index contributed by atoms with van der Waals surface area (Å²) in [5, 5.41) is 13.4. The van der Waals surface area contributed by atoms with Crippen molar-refractivity contribution in [3.05, 3.63) is 88.7 Å². The third kappa shape index (κ3) is 9.17.